The van der Waals surface area contributed by atoms with Crippen LogP contribution in [0.5, 0.6) is 0 Å². The predicted molar refractivity (Wildman–Crippen MR) is 65.0 cm³/mol. The molecule has 2 rings (SSSR count). The van der Waals surface area contributed by atoms with E-state index in [9.17, 15) is 9.59 Å². The van der Waals surface area contributed by atoms with Crippen molar-refractivity contribution in [1.29, 1.82) is 0 Å². The van der Waals surface area contributed by atoms with E-state index in [2.05, 4.69) is 4.98 Å². The van der Waals surface area contributed by atoms with E-state index < -0.39 is 17.4 Å². The number of anilines is 1. The van der Waals surface area contributed by atoms with Crippen molar-refractivity contribution in [1.82, 2.24) is 4.98 Å². The van der Waals surface area contributed by atoms with E-state index in [0.29, 0.717) is 19.5 Å². The van der Waals surface area contributed by atoms with Crippen LogP contribution in [0.15, 0.2) is 10.7 Å². The number of aliphatic carboxylic acids is 1. The highest BCUT2D eigenvalue weighted by molar-refractivity contribution is 5.87. The molecule has 104 valence electrons. The lowest BCUT2D eigenvalue weighted by molar-refractivity contribution is -0.146. The smallest absolute Gasteiger partial charge is 0.360 e. The molecule has 7 heteroatoms. The molecule has 0 bridgehead atoms. The van der Waals surface area contributed by atoms with Gasteiger partial charge in [0, 0.05) is 13.1 Å². The summed E-state index contributed by atoms with van der Waals surface area (Å²) in [6.45, 7) is 4.50. The second kappa shape index (κ2) is 4.91. The van der Waals surface area contributed by atoms with Gasteiger partial charge in [0.25, 0.3) is 6.01 Å². The normalized spacial score (nSPS) is 22.5. The Bertz CT molecular complexity index is 498. The Hall–Kier alpha value is -2.05. The lowest BCUT2D eigenvalue weighted by atomic mass is 9.90. The van der Waals surface area contributed by atoms with E-state index in [1.165, 1.54) is 6.26 Å². The number of carbonyl (C=O) groups is 2. The number of carbonyl (C=O) groups excluding carboxylic acids is 1. The summed E-state index contributed by atoms with van der Waals surface area (Å²) in [5, 5.41) is 9.15. The van der Waals surface area contributed by atoms with E-state index in [1.807, 2.05) is 0 Å². The van der Waals surface area contributed by atoms with Crippen LogP contribution in [0.3, 0.4) is 0 Å². The molecule has 1 unspecified atom stereocenters. The molecule has 1 aromatic rings. The maximum atomic E-state index is 11.5. The Morgan fingerprint density at radius 3 is 2.95 bits per heavy atom. The van der Waals surface area contributed by atoms with E-state index in [-0.39, 0.29) is 18.3 Å². The van der Waals surface area contributed by atoms with Crippen LogP contribution in [-0.2, 0) is 9.53 Å². The maximum absolute atomic E-state index is 11.5. The number of rotatable bonds is 4. The Labute approximate surface area is 110 Å². The average Bonchev–Trinajstić information content (AvgIpc) is 2.96. The zero-order valence-electron chi connectivity index (χ0n) is 10.9. The summed E-state index contributed by atoms with van der Waals surface area (Å²) in [5.41, 5.74) is -0.709. The third kappa shape index (κ3) is 2.54. The molecule has 1 aromatic heterocycles. The van der Waals surface area contributed by atoms with Gasteiger partial charge in [-0.1, -0.05) is 0 Å². The van der Waals surface area contributed by atoms with Crippen molar-refractivity contribution in [3.63, 3.8) is 0 Å². The topological polar surface area (TPSA) is 92.9 Å². The van der Waals surface area contributed by atoms with Gasteiger partial charge in [0.05, 0.1) is 12.0 Å². The molecule has 0 aromatic carbocycles. The maximum Gasteiger partial charge on any atom is 0.360 e. The summed E-state index contributed by atoms with van der Waals surface area (Å²) in [4.78, 5) is 28.3. The second-order valence-electron chi connectivity index (χ2n) is 4.77. The second-order valence-corrected chi connectivity index (χ2v) is 4.77. The van der Waals surface area contributed by atoms with Gasteiger partial charge in [0.2, 0.25) is 0 Å². The van der Waals surface area contributed by atoms with Gasteiger partial charge in [-0.2, -0.15) is 4.98 Å². The zero-order valence-corrected chi connectivity index (χ0v) is 10.9. The fourth-order valence-corrected chi connectivity index (χ4v) is 2.01. The largest absolute Gasteiger partial charge is 0.481 e. The van der Waals surface area contributed by atoms with Crippen LogP contribution >= 0.6 is 0 Å². The molecule has 0 spiro atoms. The quantitative estimate of drug-likeness (QED) is 0.819. The first kappa shape index (κ1) is 13.4. The highest BCUT2D eigenvalue weighted by Crippen LogP contribution is 2.32. The van der Waals surface area contributed by atoms with Gasteiger partial charge in [0.1, 0.15) is 6.26 Å². The summed E-state index contributed by atoms with van der Waals surface area (Å²) in [7, 11) is 0. The van der Waals surface area contributed by atoms with E-state index in [0.717, 1.165) is 0 Å². The van der Waals surface area contributed by atoms with Crippen molar-refractivity contribution in [3.05, 3.63) is 12.0 Å². The fourth-order valence-electron chi connectivity index (χ4n) is 2.01. The molecule has 2 heterocycles. The van der Waals surface area contributed by atoms with Crippen LogP contribution in [-0.4, -0.2) is 41.7 Å². The summed E-state index contributed by atoms with van der Waals surface area (Å²) in [6.07, 6.45) is 1.74. The summed E-state index contributed by atoms with van der Waals surface area (Å²) < 4.78 is 10.0. The Morgan fingerprint density at radius 2 is 2.37 bits per heavy atom. The number of oxazole rings is 1. The number of carboxylic acids is 1. The van der Waals surface area contributed by atoms with Crippen LogP contribution in [0.1, 0.15) is 30.8 Å². The lowest BCUT2D eigenvalue weighted by Gasteiger charge is -2.18. The first-order valence-corrected chi connectivity index (χ1v) is 6.07. The van der Waals surface area contributed by atoms with Crippen LogP contribution < -0.4 is 4.90 Å². The van der Waals surface area contributed by atoms with Crippen LogP contribution in [0.25, 0.3) is 0 Å². The van der Waals surface area contributed by atoms with E-state index >= 15 is 0 Å². The third-order valence-corrected chi connectivity index (χ3v) is 3.24. The molecule has 1 N–H and O–H groups in total. The number of hydrogen-bond acceptors (Lipinski definition) is 6. The summed E-state index contributed by atoms with van der Waals surface area (Å²) in [6, 6.07) is 0.257. The third-order valence-electron chi connectivity index (χ3n) is 3.24. The molecule has 0 radical (unpaired) electrons. The van der Waals surface area contributed by atoms with Gasteiger partial charge in [-0.3, -0.25) is 4.79 Å². The molecular weight excluding hydrogens is 252 g/mol. The number of ether oxygens (including phenoxy) is 1. The van der Waals surface area contributed by atoms with Crippen molar-refractivity contribution < 1.29 is 23.8 Å². The molecule has 1 saturated heterocycles. The van der Waals surface area contributed by atoms with Crippen molar-refractivity contribution in [2.75, 3.05) is 24.6 Å². The first-order chi connectivity index (χ1) is 8.96. The molecule has 0 saturated carbocycles. The minimum atomic E-state index is -0.841. The molecule has 1 aliphatic heterocycles. The van der Waals surface area contributed by atoms with Crippen LogP contribution in [0, 0.1) is 5.41 Å². The molecular formula is C12H16N2O5. The summed E-state index contributed by atoms with van der Waals surface area (Å²) >= 11 is 0. The van der Waals surface area contributed by atoms with Crippen molar-refractivity contribution in [3.8, 4) is 0 Å². The van der Waals surface area contributed by atoms with Crippen LogP contribution in [0.4, 0.5) is 6.01 Å². The number of nitrogens with zero attached hydrogens (tertiary/aromatic N) is 2. The van der Waals surface area contributed by atoms with Gasteiger partial charge in [0.15, 0.2) is 5.69 Å². The molecule has 1 atom stereocenters. The Kier molecular flexibility index (Phi) is 3.46. The van der Waals surface area contributed by atoms with Gasteiger partial charge in [-0.15, -0.1) is 0 Å². The summed E-state index contributed by atoms with van der Waals surface area (Å²) in [5.74, 6) is -1.38. The highest BCUT2D eigenvalue weighted by Gasteiger charge is 2.42. The minimum Gasteiger partial charge on any atom is -0.481 e. The average molecular weight is 268 g/mol. The number of hydrogen-bond donors (Lipinski definition) is 1. The Morgan fingerprint density at radius 1 is 1.63 bits per heavy atom. The number of carboxylic acid groups (broad SMARTS) is 1. The van der Waals surface area contributed by atoms with Crippen LogP contribution in [0.2, 0.25) is 0 Å². The van der Waals surface area contributed by atoms with E-state index in [1.54, 1.807) is 18.7 Å². The molecule has 0 aliphatic carbocycles. The van der Waals surface area contributed by atoms with Gasteiger partial charge in [-0.25, -0.2) is 4.79 Å². The monoisotopic (exact) mass is 268 g/mol. The van der Waals surface area contributed by atoms with E-state index in [4.69, 9.17) is 14.3 Å². The molecule has 19 heavy (non-hydrogen) atoms. The molecule has 0 amide bonds. The minimum absolute atomic E-state index is 0.0979. The van der Waals surface area contributed by atoms with Crippen molar-refractivity contribution in [2.45, 2.75) is 20.3 Å². The number of aromatic nitrogens is 1. The lowest BCUT2D eigenvalue weighted by Crippen LogP contribution is -2.31. The molecule has 1 fully saturated rings. The zero-order chi connectivity index (χ0) is 14.0. The fraction of sp³-hybridized carbons (Fsp3) is 0.583. The molecule has 1 aliphatic rings. The first-order valence-electron chi connectivity index (χ1n) is 6.07. The highest BCUT2D eigenvalue weighted by atomic mass is 16.5. The standard InChI is InChI=1S/C12H16N2O5/c1-3-18-9(15)8-6-19-11(13-8)14-5-4-12(2,7-14)10(16)17/h6H,3-5,7H2,1-2H3,(H,16,17). The SMILES string of the molecule is CCOC(=O)c1coc(N2CCC(C)(C(=O)O)C2)n1. The van der Waals surface area contributed by atoms with Crippen molar-refractivity contribution in [2.24, 2.45) is 5.41 Å². The number of esters is 1. The predicted octanol–water partition coefficient (Wildman–Crippen LogP) is 1.15. The van der Waals surface area contributed by atoms with Gasteiger partial charge in [-0.05, 0) is 20.3 Å². The van der Waals surface area contributed by atoms with Gasteiger partial charge < -0.3 is 19.2 Å². The molecule has 7 nitrogen and oxygen atoms in total. The Balaban J connectivity index is 2.09. The van der Waals surface area contributed by atoms with Crippen molar-refractivity contribution >= 4 is 18.0 Å². The van der Waals surface area contributed by atoms with Gasteiger partial charge >= 0.3 is 11.9 Å².